The molecular formula is C13H17ClN2O2. The minimum atomic E-state index is -0.604. The summed E-state index contributed by atoms with van der Waals surface area (Å²) in [6, 6.07) is 7.16. The van der Waals surface area contributed by atoms with Crippen molar-refractivity contribution in [3.63, 3.8) is 0 Å². The number of carbonyl (C=O) groups excluding carboxylic acids is 1. The number of hydrazine groups is 1. The zero-order valence-corrected chi connectivity index (χ0v) is 11.4. The Hall–Kier alpha value is -1.52. The fourth-order valence-corrected chi connectivity index (χ4v) is 1.24. The van der Waals surface area contributed by atoms with Gasteiger partial charge in [-0.25, -0.2) is 15.6 Å². The van der Waals surface area contributed by atoms with E-state index in [0.29, 0.717) is 5.02 Å². The Bertz CT molecular complexity index is 435. The average Bonchev–Trinajstić information content (AvgIpc) is 2.25. The first kappa shape index (κ1) is 14.5. The summed E-state index contributed by atoms with van der Waals surface area (Å²) in [5.41, 5.74) is 0.321. The summed E-state index contributed by atoms with van der Waals surface area (Å²) in [7, 11) is 0. The van der Waals surface area contributed by atoms with Crippen LogP contribution in [0.3, 0.4) is 0 Å². The lowest BCUT2D eigenvalue weighted by atomic mass is 10.2. The molecule has 0 saturated carbocycles. The predicted molar refractivity (Wildman–Crippen MR) is 72.7 cm³/mol. The monoisotopic (exact) mass is 268 g/mol. The molecule has 98 valence electrons. The smallest absolute Gasteiger partial charge is 0.428 e. The molecule has 0 bridgehead atoms. The standard InChI is InChI=1S/C13H17ClN2O2/c1-13(2,3)18-12(17)16(15)9-8-10-4-6-11(14)7-5-10/h4-9H,15H2,1-3H3/b9-8+. The third-order valence-corrected chi connectivity index (χ3v) is 2.15. The van der Waals surface area contributed by atoms with E-state index < -0.39 is 11.7 Å². The number of rotatable bonds is 2. The minimum Gasteiger partial charge on any atom is -0.443 e. The lowest BCUT2D eigenvalue weighted by molar-refractivity contribution is 0.0335. The van der Waals surface area contributed by atoms with E-state index >= 15 is 0 Å². The Morgan fingerprint density at radius 1 is 1.33 bits per heavy atom. The Morgan fingerprint density at radius 3 is 2.39 bits per heavy atom. The highest BCUT2D eigenvalue weighted by Crippen LogP contribution is 2.12. The average molecular weight is 269 g/mol. The van der Waals surface area contributed by atoms with Crippen LogP contribution in [-0.2, 0) is 4.74 Å². The molecule has 1 aromatic rings. The normalized spacial score (nSPS) is 11.6. The van der Waals surface area contributed by atoms with E-state index in [4.69, 9.17) is 22.2 Å². The van der Waals surface area contributed by atoms with Crippen molar-refractivity contribution in [2.24, 2.45) is 5.84 Å². The molecule has 5 heteroatoms. The summed E-state index contributed by atoms with van der Waals surface area (Å²) in [6.45, 7) is 5.34. The molecule has 0 unspecified atom stereocenters. The van der Waals surface area contributed by atoms with E-state index in [1.165, 1.54) is 6.20 Å². The Kier molecular flexibility index (Phi) is 4.76. The fraction of sp³-hybridized carbons (Fsp3) is 0.308. The van der Waals surface area contributed by atoms with E-state index in [-0.39, 0.29) is 0 Å². The Morgan fingerprint density at radius 2 is 1.89 bits per heavy atom. The first-order valence-electron chi connectivity index (χ1n) is 5.48. The van der Waals surface area contributed by atoms with Gasteiger partial charge < -0.3 is 4.74 Å². The maximum Gasteiger partial charge on any atom is 0.428 e. The molecular weight excluding hydrogens is 252 g/mol. The molecule has 0 aliphatic rings. The molecule has 0 atom stereocenters. The summed E-state index contributed by atoms with van der Waals surface area (Å²) in [5, 5.41) is 1.56. The molecule has 2 N–H and O–H groups in total. The highest BCUT2D eigenvalue weighted by molar-refractivity contribution is 6.30. The number of nitrogens with zero attached hydrogens (tertiary/aromatic N) is 1. The van der Waals surface area contributed by atoms with Crippen molar-refractivity contribution < 1.29 is 9.53 Å². The topological polar surface area (TPSA) is 55.6 Å². The first-order valence-corrected chi connectivity index (χ1v) is 5.86. The molecule has 0 radical (unpaired) electrons. The van der Waals surface area contributed by atoms with Crippen molar-refractivity contribution in [2.75, 3.05) is 0 Å². The predicted octanol–water partition coefficient (Wildman–Crippen LogP) is 3.42. The second-order valence-corrected chi connectivity index (χ2v) is 5.19. The summed E-state index contributed by atoms with van der Waals surface area (Å²) in [5.74, 6) is 5.55. The van der Waals surface area contributed by atoms with Gasteiger partial charge in [0.2, 0.25) is 0 Å². The zero-order valence-electron chi connectivity index (χ0n) is 10.7. The van der Waals surface area contributed by atoms with Crippen molar-refractivity contribution in [2.45, 2.75) is 26.4 Å². The number of nitrogens with two attached hydrogens (primary N) is 1. The van der Waals surface area contributed by atoms with Crippen molar-refractivity contribution >= 4 is 23.8 Å². The molecule has 1 aromatic carbocycles. The fourth-order valence-electron chi connectivity index (χ4n) is 1.12. The van der Waals surface area contributed by atoms with Crippen LogP contribution in [0.1, 0.15) is 26.3 Å². The number of hydrogen-bond donors (Lipinski definition) is 1. The van der Waals surface area contributed by atoms with Gasteiger partial charge in [0.15, 0.2) is 0 Å². The maximum absolute atomic E-state index is 11.5. The van der Waals surface area contributed by atoms with E-state index in [0.717, 1.165) is 10.6 Å². The number of ether oxygens (including phenoxy) is 1. The van der Waals surface area contributed by atoms with Crippen LogP contribution in [0, 0.1) is 0 Å². The SMILES string of the molecule is CC(C)(C)OC(=O)N(N)/C=C/c1ccc(Cl)cc1. The van der Waals surface area contributed by atoms with Gasteiger partial charge in [-0.2, -0.15) is 0 Å². The number of carbonyl (C=O) groups is 1. The van der Waals surface area contributed by atoms with Crippen molar-refractivity contribution in [3.05, 3.63) is 41.1 Å². The van der Waals surface area contributed by atoms with Crippen LogP contribution in [0.4, 0.5) is 4.79 Å². The molecule has 0 fully saturated rings. The van der Waals surface area contributed by atoms with Crippen LogP contribution in [0.25, 0.3) is 6.08 Å². The molecule has 0 aliphatic carbocycles. The van der Waals surface area contributed by atoms with Gasteiger partial charge in [0.05, 0.1) is 0 Å². The van der Waals surface area contributed by atoms with Crippen LogP contribution < -0.4 is 5.84 Å². The highest BCUT2D eigenvalue weighted by atomic mass is 35.5. The number of amides is 1. The third-order valence-electron chi connectivity index (χ3n) is 1.90. The molecule has 4 nitrogen and oxygen atoms in total. The molecule has 1 rings (SSSR count). The van der Waals surface area contributed by atoms with Crippen LogP contribution in [0.2, 0.25) is 5.02 Å². The minimum absolute atomic E-state index is 0.567. The molecule has 0 heterocycles. The van der Waals surface area contributed by atoms with Gasteiger partial charge in [-0.1, -0.05) is 23.7 Å². The third kappa shape index (κ3) is 5.21. The molecule has 18 heavy (non-hydrogen) atoms. The van der Waals surface area contributed by atoms with E-state index in [1.54, 1.807) is 39.0 Å². The van der Waals surface area contributed by atoms with Gasteiger partial charge >= 0.3 is 6.09 Å². The van der Waals surface area contributed by atoms with Gasteiger partial charge in [-0.05, 0) is 44.5 Å². The lowest BCUT2D eigenvalue weighted by Gasteiger charge is -2.22. The zero-order chi connectivity index (χ0) is 13.8. The van der Waals surface area contributed by atoms with E-state index in [1.807, 2.05) is 12.1 Å². The van der Waals surface area contributed by atoms with Gasteiger partial charge in [0.1, 0.15) is 5.60 Å². The maximum atomic E-state index is 11.5. The Labute approximate surface area is 112 Å². The molecule has 0 spiro atoms. The van der Waals surface area contributed by atoms with Crippen LogP contribution >= 0.6 is 11.6 Å². The largest absolute Gasteiger partial charge is 0.443 e. The quantitative estimate of drug-likeness (QED) is 0.508. The molecule has 0 aromatic heterocycles. The highest BCUT2D eigenvalue weighted by Gasteiger charge is 2.18. The van der Waals surface area contributed by atoms with Gasteiger partial charge in [-0.3, -0.25) is 0 Å². The van der Waals surface area contributed by atoms with Gasteiger partial charge in [-0.15, -0.1) is 0 Å². The number of hydrogen-bond acceptors (Lipinski definition) is 3. The van der Waals surface area contributed by atoms with E-state index in [2.05, 4.69) is 0 Å². The van der Waals surface area contributed by atoms with Crippen molar-refractivity contribution in [1.29, 1.82) is 0 Å². The number of halogens is 1. The lowest BCUT2D eigenvalue weighted by Crippen LogP contribution is -2.37. The number of benzene rings is 1. The summed E-state index contributed by atoms with van der Waals surface area (Å²) >= 11 is 5.76. The van der Waals surface area contributed by atoms with Crippen LogP contribution in [0.15, 0.2) is 30.5 Å². The molecule has 1 amide bonds. The molecule has 0 saturated heterocycles. The molecule has 0 aliphatic heterocycles. The summed E-state index contributed by atoms with van der Waals surface area (Å²) < 4.78 is 5.10. The second kappa shape index (κ2) is 5.89. The second-order valence-electron chi connectivity index (χ2n) is 4.75. The van der Waals surface area contributed by atoms with E-state index in [9.17, 15) is 4.79 Å². The van der Waals surface area contributed by atoms with Crippen LogP contribution in [-0.4, -0.2) is 16.7 Å². The van der Waals surface area contributed by atoms with Crippen molar-refractivity contribution in [3.8, 4) is 0 Å². The summed E-state index contributed by atoms with van der Waals surface area (Å²) in [6.07, 6.45) is 2.53. The van der Waals surface area contributed by atoms with Gasteiger partial charge in [0.25, 0.3) is 0 Å². The Balaban J connectivity index is 2.61. The summed E-state index contributed by atoms with van der Waals surface area (Å²) in [4.78, 5) is 11.5. The van der Waals surface area contributed by atoms with Crippen LogP contribution in [0.5, 0.6) is 0 Å². The first-order chi connectivity index (χ1) is 8.28. The van der Waals surface area contributed by atoms with Crippen molar-refractivity contribution in [1.82, 2.24) is 5.01 Å². The van der Waals surface area contributed by atoms with Gasteiger partial charge in [0, 0.05) is 11.2 Å².